The van der Waals surface area contributed by atoms with Crippen molar-refractivity contribution in [3.05, 3.63) is 40.2 Å². The van der Waals surface area contributed by atoms with Gasteiger partial charge in [0.2, 0.25) is 0 Å². The number of aromatic nitrogens is 2. The third kappa shape index (κ3) is 3.33. The highest BCUT2D eigenvalue weighted by Crippen LogP contribution is 2.27. The van der Waals surface area contributed by atoms with Crippen LogP contribution in [-0.4, -0.2) is 16.5 Å². The summed E-state index contributed by atoms with van der Waals surface area (Å²) in [7, 11) is 0. The third-order valence-electron chi connectivity index (χ3n) is 2.90. The van der Waals surface area contributed by atoms with Crippen LogP contribution >= 0.6 is 15.9 Å². The minimum Gasteiger partial charge on any atom is -0.369 e. The summed E-state index contributed by atoms with van der Waals surface area (Å²) in [5, 5.41) is 3.29. The maximum Gasteiger partial charge on any atom is 0.161 e. The first kappa shape index (κ1) is 14.9. The second kappa shape index (κ2) is 6.79. The smallest absolute Gasteiger partial charge is 0.161 e. The number of nitrogens with zero attached hydrogens (tertiary/aromatic N) is 2. The number of hydrogen-bond acceptors (Lipinski definition) is 3. The molecule has 1 aromatic heterocycles. The molecule has 0 atom stereocenters. The highest BCUT2D eigenvalue weighted by Gasteiger charge is 2.12. The van der Waals surface area contributed by atoms with Gasteiger partial charge in [0, 0.05) is 12.1 Å². The summed E-state index contributed by atoms with van der Waals surface area (Å²) in [5.74, 6) is 1.15. The van der Waals surface area contributed by atoms with Crippen molar-refractivity contribution in [2.75, 3.05) is 11.9 Å². The molecular formula is C15H17BrFN3. The van der Waals surface area contributed by atoms with Crippen LogP contribution in [0.1, 0.15) is 26.0 Å². The Labute approximate surface area is 126 Å². The van der Waals surface area contributed by atoms with Crippen LogP contribution in [0.3, 0.4) is 0 Å². The Hall–Kier alpha value is -1.49. The fraction of sp³-hybridized carbons (Fsp3) is 0.333. The van der Waals surface area contributed by atoms with E-state index in [1.54, 1.807) is 12.1 Å². The summed E-state index contributed by atoms with van der Waals surface area (Å²) >= 11 is 3.54. The van der Waals surface area contributed by atoms with Crippen molar-refractivity contribution in [1.29, 1.82) is 0 Å². The maximum absolute atomic E-state index is 13.0. The van der Waals surface area contributed by atoms with Crippen molar-refractivity contribution in [1.82, 2.24) is 9.97 Å². The lowest BCUT2D eigenvalue weighted by Crippen LogP contribution is -2.07. The number of hydrogen-bond donors (Lipinski definition) is 1. The molecule has 0 fully saturated rings. The van der Waals surface area contributed by atoms with Gasteiger partial charge in [-0.2, -0.15) is 0 Å². The Kier molecular flexibility index (Phi) is 5.06. The van der Waals surface area contributed by atoms with Gasteiger partial charge < -0.3 is 5.32 Å². The van der Waals surface area contributed by atoms with Gasteiger partial charge in [-0.05, 0) is 53.0 Å². The lowest BCUT2D eigenvalue weighted by molar-refractivity contribution is 0.628. The van der Waals surface area contributed by atoms with Crippen molar-refractivity contribution >= 4 is 21.7 Å². The molecule has 0 saturated heterocycles. The molecule has 0 aliphatic rings. The maximum atomic E-state index is 13.0. The molecule has 0 radical (unpaired) electrons. The Morgan fingerprint density at radius 3 is 2.45 bits per heavy atom. The summed E-state index contributed by atoms with van der Waals surface area (Å²) in [4.78, 5) is 9.07. The zero-order chi connectivity index (χ0) is 14.5. The summed E-state index contributed by atoms with van der Waals surface area (Å²) in [6.45, 7) is 5.00. The fourth-order valence-electron chi connectivity index (χ4n) is 1.82. The van der Waals surface area contributed by atoms with E-state index in [0.29, 0.717) is 5.82 Å². The van der Waals surface area contributed by atoms with Gasteiger partial charge in [-0.25, -0.2) is 14.4 Å². The minimum atomic E-state index is -0.258. The molecule has 0 saturated carbocycles. The molecule has 0 amide bonds. The van der Waals surface area contributed by atoms with Crippen LogP contribution in [-0.2, 0) is 6.42 Å². The molecule has 0 bridgehead atoms. The predicted octanol–water partition coefficient (Wildman–Crippen LogP) is 4.43. The van der Waals surface area contributed by atoms with E-state index in [-0.39, 0.29) is 5.82 Å². The second-order valence-corrected chi connectivity index (χ2v) is 5.24. The molecule has 1 N–H and O–H groups in total. The van der Waals surface area contributed by atoms with Gasteiger partial charge >= 0.3 is 0 Å². The minimum absolute atomic E-state index is 0.258. The number of nitrogens with one attached hydrogen (secondary N) is 1. The zero-order valence-corrected chi connectivity index (χ0v) is 13.2. The van der Waals surface area contributed by atoms with Crippen molar-refractivity contribution in [3.63, 3.8) is 0 Å². The van der Waals surface area contributed by atoms with Crippen molar-refractivity contribution in [2.45, 2.75) is 26.7 Å². The van der Waals surface area contributed by atoms with Gasteiger partial charge in [-0.3, -0.25) is 0 Å². The van der Waals surface area contributed by atoms with Crippen molar-refractivity contribution in [2.24, 2.45) is 0 Å². The summed E-state index contributed by atoms with van der Waals surface area (Å²) < 4.78 is 13.9. The molecule has 2 aromatic rings. The molecular weight excluding hydrogens is 321 g/mol. The lowest BCUT2D eigenvalue weighted by atomic mass is 10.2. The number of benzene rings is 1. The van der Waals surface area contributed by atoms with E-state index in [9.17, 15) is 4.39 Å². The highest BCUT2D eigenvalue weighted by atomic mass is 79.9. The predicted molar refractivity (Wildman–Crippen MR) is 83.3 cm³/mol. The van der Waals surface area contributed by atoms with E-state index >= 15 is 0 Å². The molecule has 20 heavy (non-hydrogen) atoms. The third-order valence-corrected chi connectivity index (χ3v) is 3.73. The van der Waals surface area contributed by atoms with E-state index in [1.165, 1.54) is 12.1 Å². The Bertz CT molecular complexity index is 584. The zero-order valence-electron chi connectivity index (χ0n) is 11.6. The lowest BCUT2D eigenvalue weighted by Gasteiger charge is -2.12. The monoisotopic (exact) mass is 337 g/mol. The van der Waals surface area contributed by atoms with Crippen molar-refractivity contribution in [3.8, 4) is 11.4 Å². The summed E-state index contributed by atoms with van der Waals surface area (Å²) in [6, 6.07) is 6.24. The van der Waals surface area contributed by atoms with Crippen LogP contribution in [0.4, 0.5) is 10.2 Å². The van der Waals surface area contributed by atoms with Crippen LogP contribution in [0.15, 0.2) is 28.7 Å². The topological polar surface area (TPSA) is 37.8 Å². The Morgan fingerprint density at radius 1 is 1.15 bits per heavy atom. The van der Waals surface area contributed by atoms with E-state index in [1.807, 2.05) is 6.92 Å². The summed E-state index contributed by atoms with van der Waals surface area (Å²) in [6.07, 6.45) is 1.82. The fourth-order valence-corrected chi connectivity index (χ4v) is 2.41. The molecule has 0 aliphatic carbocycles. The first-order valence-electron chi connectivity index (χ1n) is 6.72. The van der Waals surface area contributed by atoms with E-state index < -0.39 is 0 Å². The molecule has 106 valence electrons. The normalized spacial score (nSPS) is 10.6. The van der Waals surface area contributed by atoms with Crippen LogP contribution in [0.5, 0.6) is 0 Å². The first-order valence-corrected chi connectivity index (χ1v) is 7.51. The first-order chi connectivity index (χ1) is 9.65. The number of anilines is 1. The van der Waals surface area contributed by atoms with Gasteiger partial charge in [0.25, 0.3) is 0 Å². The van der Waals surface area contributed by atoms with E-state index in [0.717, 1.165) is 40.9 Å². The molecule has 1 heterocycles. The van der Waals surface area contributed by atoms with Crippen LogP contribution < -0.4 is 5.32 Å². The summed E-state index contributed by atoms with van der Waals surface area (Å²) in [5.41, 5.74) is 1.76. The molecule has 5 heteroatoms. The van der Waals surface area contributed by atoms with Crippen LogP contribution in [0.25, 0.3) is 11.4 Å². The van der Waals surface area contributed by atoms with Gasteiger partial charge in [0.05, 0.1) is 10.2 Å². The average Bonchev–Trinajstić information content (AvgIpc) is 2.47. The van der Waals surface area contributed by atoms with E-state index in [2.05, 4.69) is 38.1 Å². The quantitative estimate of drug-likeness (QED) is 0.876. The second-order valence-electron chi connectivity index (χ2n) is 4.44. The molecule has 0 aliphatic heterocycles. The molecule has 1 aromatic carbocycles. The van der Waals surface area contributed by atoms with Crippen LogP contribution in [0, 0.1) is 5.82 Å². The number of halogens is 2. The Morgan fingerprint density at radius 2 is 1.85 bits per heavy atom. The van der Waals surface area contributed by atoms with Gasteiger partial charge in [-0.1, -0.05) is 13.8 Å². The molecule has 3 nitrogen and oxygen atoms in total. The molecule has 0 unspecified atom stereocenters. The van der Waals surface area contributed by atoms with Gasteiger partial charge in [0.15, 0.2) is 5.82 Å². The average molecular weight is 338 g/mol. The molecule has 0 spiro atoms. The largest absolute Gasteiger partial charge is 0.369 e. The van der Waals surface area contributed by atoms with Crippen molar-refractivity contribution < 1.29 is 4.39 Å². The van der Waals surface area contributed by atoms with Gasteiger partial charge in [-0.15, -0.1) is 0 Å². The number of aryl methyl sites for hydroxylation is 1. The van der Waals surface area contributed by atoms with E-state index in [4.69, 9.17) is 0 Å². The SMILES string of the molecule is CCCNc1nc(-c2ccc(F)cc2)nc(CC)c1Br. The van der Waals surface area contributed by atoms with Gasteiger partial charge in [0.1, 0.15) is 11.6 Å². The van der Waals surface area contributed by atoms with Crippen LogP contribution in [0.2, 0.25) is 0 Å². The Balaban J connectivity index is 2.44. The standard InChI is InChI=1S/C15H17BrFN3/c1-3-9-18-15-13(16)12(4-2)19-14(20-15)10-5-7-11(17)8-6-10/h5-8H,3-4,9H2,1-2H3,(H,18,19,20). The highest BCUT2D eigenvalue weighted by molar-refractivity contribution is 9.10. The number of rotatable bonds is 5. The molecule has 2 rings (SSSR count).